The summed E-state index contributed by atoms with van der Waals surface area (Å²) in [6.07, 6.45) is 37.1. The Kier molecular flexibility index (Phi) is 31.7. The van der Waals surface area contributed by atoms with Gasteiger partial charge in [-0.05, 0) is 51.4 Å². The number of ether oxygens (including phenoxy) is 2. The van der Waals surface area contributed by atoms with Gasteiger partial charge in [0.15, 0.2) is 6.10 Å². The lowest BCUT2D eigenvalue weighted by molar-refractivity contribution is -0.161. The normalized spacial score (nSPS) is 15.1. The first-order valence-electron chi connectivity index (χ1n) is 17.6. The quantitative estimate of drug-likeness (QED) is 0.0278. The monoisotopic (exact) mass is 708 g/mol. The Bertz CT molecular complexity index is 1090. The number of aliphatic hydroxyl groups is 2. The fourth-order valence-corrected chi connectivity index (χ4v) is 4.79. The van der Waals surface area contributed by atoms with Crippen LogP contribution in [0.25, 0.3) is 0 Å². The highest BCUT2D eigenvalue weighted by Gasteiger charge is 2.27. The maximum Gasteiger partial charge on any atom is 0.472 e. The fraction of sp³-hybridized carbons (Fsp3) is 0.579. The predicted molar refractivity (Wildman–Crippen MR) is 196 cm³/mol. The smallest absolute Gasteiger partial charge is 0.462 e. The number of hydrogen-bond donors (Lipinski definition) is 3. The Morgan fingerprint density at radius 2 is 1.06 bits per heavy atom. The number of carbonyl (C=O) groups excluding carboxylic acids is 2. The molecule has 0 fully saturated rings. The van der Waals surface area contributed by atoms with E-state index in [1.165, 1.54) is 0 Å². The van der Waals surface area contributed by atoms with Crippen LogP contribution in [-0.2, 0) is 32.7 Å². The minimum absolute atomic E-state index is 0.128. The van der Waals surface area contributed by atoms with Crippen molar-refractivity contribution in [2.24, 2.45) is 0 Å². The molecule has 0 aromatic heterocycles. The second kappa shape index (κ2) is 33.6. The van der Waals surface area contributed by atoms with E-state index in [9.17, 15) is 24.2 Å². The van der Waals surface area contributed by atoms with Gasteiger partial charge in [0.25, 0.3) is 0 Å². The van der Waals surface area contributed by atoms with Gasteiger partial charge in [0, 0.05) is 12.8 Å². The Balaban J connectivity index is 4.54. The second-order valence-electron chi connectivity index (χ2n) is 11.3. The van der Waals surface area contributed by atoms with E-state index in [1.807, 2.05) is 60.8 Å². The van der Waals surface area contributed by atoms with E-state index >= 15 is 0 Å². The molecule has 0 radical (unpaired) electrons. The molecule has 49 heavy (non-hydrogen) atoms. The average molecular weight is 709 g/mol. The molecular formula is C38H61O10P. The summed E-state index contributed by atoms with van der Waals surface area (Å²) >= 11 is 0. The van der Waals surface area contributed by atoms with E-state index in [0.29, 0.717) is 12.8 Å². The lowest BCUT2D eigenvalue weighted by Gasteiger charge is -2.20. The molecule has 2 unspecified atom stereocenters. The van der Waals surface area contributed by atoms with E-state index in [4.69, 9.17) is 19.1 Å². The summed E-state index contributed by atoms with van der Waals surface area (Å²) < 4.78 is 32.4. The van der Waals surface area contributed by atoms with Crippen molar-refractivity contribution in [2.75, 3.05) is 26.4 Å². The van der Waals surface area contributed by atoms with Crippen molar-refractivity contribution in [1.82, 2.24) is 0 Å². The molecule has 0 aliphatic carbocycles. The number of aliphatic hydroxyl groups excluding tert-OH is 2. The molecule has 0 aromatic carbocycles. The molecule has 0 bridgehead atoms. The van der Waals surface area contributed by atoms with E-state index in [0.717, 1.165) is 64.2 Å². The highest BCUT2D eigenvalue weighted by atomic mass is 31.2. The number of allylic oxidation sites excluding steroid dienone is 14. The van der Waals surface area contributed by atoms with Crippen LogP contribution < -0.4 is 0 Å². The van der Waals surface area contributed by atoms with Crippen LogP contribution in [0.1, 0.15) is 104 Å². The molecule has 11 heteroatoms. The highest BCUT2D eigenvalue weighted by Crippen LogP contribution is 2.43. The van der Waals surface area contributed by atoms with Crippen LogP contribution in [0.15, 0.2) is 85.1 Å². The lowest BCUT2D eigenvalue weighted by atomic mass is 10.1. The summed E-state index contributed by atoms with van der Waals surface area (Å²) in [7, 11) is -4.63. The molecule has 0 aromatic rings. The molecule has 0 rings (SSSR count). The number of rotatable bonds is 31. The van der Waals surface area contributed by atoms with Crippen molar-refractivity contribution in [2.45, 2.75) is 116 Å². The first kappa shape index (κ1) is 46.1. The summed E-state index contributed by atoms with van der Waals surface area (Å²) in [4.78, 5) is 34.7. The van der Waals surface area contributed by atoms with Crippen LogP contribution in [0.3, 0.4) is 0 Å². The van der Waals surface area contributed by atoms with Gasteiger partial charge >= 0.3 is 19.8 Å². The maximum absolute atomic E-state index is 12.5. The van der Waals surface area contributed by atoms with E-state index in [1.54, 1.807) is 0 Å². The Hall–Kier alpha value is -2.85. The van der Waals surface area contributed by atoms with E-state index in [-0.39, 0.29) is 19.4 Å². The van der Waals surface area contributed by atoms with Crippen LogP contribution in [0.2, 0.25) is 0 Å². The molecule has 0 spiro atoms. The second-order valence-corrected chi connectivity index (χ2v) is 12.7. The van der Waals surface area contributed by atoms with E-state index < -0.39 is 51.8 Å². The molecule has 0 aliphatic heterocycles. The zero-order chi connectivity index (χ0) is 36.3. The maximum atomic E-state index is 12.5. The van der Waals surface area contributed by atoms with Gasteiger partial charge in [0.1, 0.15) is 12.7 Å². The van der Waals surface area contributed by atoms with Gasteiger partial charge in [-0.2, -0.15) is 0 Å². The molecular weight excluding hydrogens is 647 g/mol. The topological polar surface area (TPSA) is 149 Å². The van der Waals surface area contributed by atoms with Gasteiger partial charge in [-0.15, -0.1) is 0 Å². The zero-order valence-electron chi connectivity index (χ0n) is 29.6. The SMILES string of the molecule is CC/C=C/C=C/C=C/C=C/CCCCCC(=O)OC(COC(=O)CCCCCCC/C=C/C=C/C=C/CC)COP(=O)(O)OC[C@@H](O)CO. The van der Waals surface area contributed by atoms with Gasteiger partial charge in [-0.25, -0.2) is 4.57 Å². The van der Waals surface area contributed by atoms with Gasteiger partial charge < -0.3 is 24.6 Å². The first-order valence-corrected chi connectivity index (χ1v) is 19.1. The third kappa shape index (κ3) is 33.4. The minimum atomic E-state index is -4.63. The Labute approximate surface area is 294 Å². The number of phosphoric ester groups is 1. The Morgan fingerprint density at radius 1 is 0.612 bits per heavy atom. The van der Waals surface area contributed by atoms with Crippen molar-refractivity contribution in [3.8, 4) is 0 Å². The zero-order valence-corrected chi connectivity index (χ0v) is 30.5. The van der Waals surface area contributed by atoms with Crippen molar-refractivity contribution in [3.63, 3.8) is 0 Å². The number of unbranched alkanes of at least 4 members (excludes halogenated alkanes) is 8. The summed E-state index contributed by atoms with van der Waals surface area (Å²) in [6.45, 7) is 1.98. The van der Waals surface area contributed by atoms with Crippen molar-refractivity contribution in [3.05, 3.63) is 85.1 Å². The van der Waals surface area contributed by atoms with Crippen LogP contribution in [-0.4, -0.2) is 65.7 Å². The lowest BCUT2D eigenvalue weighted by Crippen LogP contribution is -2.29. The van der Waals surface area contributed by atoms with Gasteiger partial charge in [0.2, 0.25) is 0 Å². The van der Waals surface area contributed by atoms with Crippen LogP contribution >= 0.6 is 7.82 Å². The van der Waals surface area contributed by atoms with Crippen LogP contribution in [0, 0.1) is 0 Å². The molecule has 0 amide bonds. The third-order valence-corrected chi connectivity index (χ3v) is 7.65. The van der Waals surface area contributed by atoms with Gasteiger partial charge in [0.05, 0.1) is 19.8 Å². The highest BCUT2D eigenvalue weighted by molar-refractivity contribution is 7.47. The molecule has 3 atom stereocenters. The minimum Gasteiger partial charge on any atom is -0.462 e. The van der Waals surface area contributed by atoms with Crippen LogP contribution in [0.4, 0.5) is 0 Å². The summed E-state index contributed by atoms with van der Waals surface area (Å²) in [5.41, 5.74) is 0. The average Bonchev–Trinajstić information content (AvgIpc) is 3.09. The molecule has 3 N–H and O–H groups in total. The number of esters is 2. The predicted octanol–water partition coefficient (Wildman–Crippen LogP) is 8.32. The molecule has 0 heterocycles. The third-order valence-electron chi connectivity index (χ3n) is 6.70. The van der Waals surface area contributed by atoms with Gasteiger partial charge in [-0.3, -0.25) is 18.6 Å². The van der Waals surface area contributed by atoms with Crippen LogP contribution in [0.5, 0.6) is 0 Å². The summed E-state index contributed by atoms with van der Waals surface area (Å²) in [5, 5.41) is 18.2. The number of carbonyl (C=O) groups is 2. The largest absolute Gasteiger partial charge is 0.472 e. The summed E-state index contributed by atoms with van der Waals surface area (Å²) in [5.74, 6) is -1.01. The number of phosphoric acid groups is 1. The van der Waals surface area contributed by atoms with E-state index in [2.05, 4.69) is 42.7 Å². The molecule has 0 aliphatic rings. The molecule has 10 nitrogen and oxygen atoms in total. The van der Waals surface area contributed by atoms with Gasteiger partial charge in [-0.1, -0.05) is 125 Å². The Morgan fingerprint density at radius 3 is 1.61 bits per heavy atom. The first-order chi connectivity index (χ1) is 23.7. The standard InChI is InChI=1S/C38H61O10P/c1-3-5-7-9-11-13-15-17-19-21-23-25-27-29-37(41)45-33-36(34-47-49(43,44)46-32-35(40)31-39)48-38(42)30-28-26-24-22-20-18-16-14-12-10-8-6-4-2/h5-16,18,20,35-36,39-40H,3-4,17,19,21-34H2,1-2H3,(H,43,44)/b7-5+,8-6+,11-9+,12-10+,15-13+,16-14+,20-18+/t35-,36?/m0/s1. The molecule has 0 saturated carbocycles. The van der Waals surface area contributed by atoms with Crippen molar-refractivity contribution in [1.29, 1.82) is 0 Å². The summed E-state index contributed by atoms with van der Waals surface area (Å²) in [6, 6.07) is 0. The number of hydrogen-bond acceptors (Lipinski definition) is 9. The van der Waals surface area contributed by atoms with Crippen molar-refractivity contribution < 1.29 is 47.8 Å². The fourth-order valence-electron chi connectivity index (χ4n) is 4.00. The molecule has 0 saturated heterocycles. The molecule has 278 valence electrons. The van der Waals surface area contributed by atoms with Crippen molar-refractivity contribution >= 4 is 19.8 Å².